The maximum atomic E-state index is 9.46. The summed E-state index contributed by atoms with van der Waals surface area (Å²) in [5.41, 5.74) is 2.06. The highest BCUT2D eigenvalue weighted by Gasteiger charge is 2.30. The van der Waals surface area contributed by atoms with Gasteiger partial charge in [-0.3, -0.25) is 0 Å². The molecule has 1 unspecified atom stereocenters. The topological polar surface area (TPSA) is 29.5 Å². The molecule has 0 saturated heterocycles. The summed E-state index contributed by atoms with van der Waals surface area (Å²) >= 11 is 3.52. The van der Waals surface area contributed by atoms with Crippen LogP contribution in [0.3, 0.4) is 0 Å². The van der Waals surface area contributed by atoms with Crippen molar-refractivity contribution in [3.05, 3.63) is 27.7 Å². The van der Waals surface area contributed by atoms with Crippen LogP contribution in [0, 0.1) is 0 Å². The fraction of sp³-hybridized carbons (Fsp3) is 0.538. The van der Waals surface area contributed by atoms with Gasteiger partial charge in [-0.15, -0.1) is 0 Å². The predicted molar refractivity (Wildman–Crippen MR) is 68.0 cm³/mol. The standard InChI is InChI=1S/C13H17BrO2/c1-8-4-9-5-10(14)6-11(12(9)16-8)13(2,3)7-15/h5-6,8,15H,4,7H2,1-3H3. The molecule has 0 radical (unpaired) electrons. The number of aliphatic hydroxyl groups is 1. The Morgan fingerprint density at radius 3 is 2.81 bits per heavy atom. The van der Waals surface area contributed by atoms with Gasteiger partial charge in [0.25, 0.3) is 0 Å². The molecule has 0 amide bonds. The molecule has 1 aromatic carbocycles. The van der Waals surface area contributed by atoms with Crippen LogP contribution in [0.25, 0.3) is 0 Å². The molecule has 1 aliphatic heterocycles. The molecule has 1 N–H and O–H groups in total. The van der Waals surface area contributed by atoms with E-state index in [1.165, 1.54) is 5.56 Å². The lowest BCUT2D eigenvalue weighted by atomic mass is 9.84. The van der Waals surface area contributed by atoms with Gasteiger partial charge in [-0.2, -0.15) is 0 Å². The van der Waals surface area contributed by atoms with E-state index in [1.807, 2.05) is 19.9 Å². The lowest BCUT2D eigenvalue weighted by Gasteiger charge is -2.25. The summed E-state index contributed by atoms with van der Waals surface area (Å²) in [6.07, 6.45) is 1.18. The van der Waals surface area contributed by atoms with Gasteiger partial charge < -0.3 is 9.84 Å². The lowest BCUT2D eigenvalue weighted by Crippen LogP contribution is -2.23. The third kappa shape index (κ3) is 1.98. The van der Waals surface area contributed by atoms with E-state index < -0.39 is 0 Å². The van der Waals surface area contributed by atoms with Crippen LogP contribution >= 0.6 is 15.9 Å². The summed E-state index contributed by atoms with van der Waals surface area (Å²) in [6.45, 7) is 6.25. The molecule has 0 fully saturated rings. The number of hydrogen-bond acceptors (Lipinski definition) is 2. The van der Waals surface area contributed by atoms with Crippen LogP contribution in [0.1, 0.15) is 31.9 Å². The SMILES string of the molecule is CC1Cc2cc(Br)cc(C(C)(C)CO)c2O1. The highest BCUT2D eigenvalue weighted by atomic mass is 79.9. The first kappa shape index (κ1) is 11.9. The minimum atomic E-state index is -0.266. The molecule has 1 heterocycles. The quantitative estimate of drug-likeness (QED) is 0.905. The summed E-state index contributed by atoms with van der Waals surface area (Å²) in [5.74, 6) is 0.967. The van der Waals surface area contributed by atoms with Gasteiger partial charge in [0.15, 0.2) is 0 Å². The third-order valence-electron chi connectivity index (χ3n) is 3.08. The summed E-state index contributed by atoms with van der Waals surface area (Å²) in [4.78, 5) is 0. The summed E-state index contributed by atoms with van der Waals surface area (Å²) in [5, 5.41) is 9.46. The van der Waals surface area contributed by atoms with Crippen molar-refractivity contribution in [2.45, 2.75) is 38.7 Å². The largest absolute Gasteiger partial charge is 0.490 e. The normalized spacial score (nSPS) is 19.4. The number of rotatable bonds is 2. The molecule has 2 rings (SSSR count). The summed E-state index contributed by atoms with van der Waals surface area (Å²) in [7, 11) is 0. The molecule has 0 aromatic heterocycles. The molecule has 0 bridgehead atoms. The van der Waals surface area contributed by atoms with Crippen molar-refractivity contribution in [3.8, 4) is 5.75 Å². The van der Waals surface area contributed by atoms with Crippen molar-refractivity contribution >= 4 is 15.9 Å². The first-order chi connectivity index (χ1) is 7.44. The van der Waals surface area contributed by atoms with E-state index in [2.05, 4.69) is 28.9 Å². The van der Waals surface area contributed by atoms with Gasteiger partial charge in [0.2, 0.25) is 0 Å². The molecule has 1 atom stereocenters. The summed E-state index contributed by atoms with van der Waals surface area (Å²) < 4.78 is 6.91. The number of ether oxygens (including phenoxy) is 1. The molecule has 0 spiro atoms. The highest BCUT2D eigenvalue weighted by Crippen LogP contribution is 2.41. The van der Waals surface area contributed by atoms with Gasteiger partial charge in [-0.25, -0.2) is 0 Å². The monoisotopic (exact) mass is 284 g/mol. The molecule has 16 heavy (non-hydrogen) atoms. The van der Waals surface area contributed by atoms with Crippen molar-refractivity contribution in [2.75, 3.05) is 6.61 Å². The van der Waals surface area contributed by atoms with Crippen molar-refractivity contribution in [1.82, 2.24) is 0 Å². The first-order valence-corrected chi connectivity index (χ1v) is 6.34. The smallest absolute Gasteiger partial charge is 0.126 e. The van der Waals surface area contributed by atoms with Crippen LogP contribution < -0.4 is 4.74 Å². The second-order valence-corrected chi connectivity index (χ2v) is 6.03. The number of hydrogen-bond donors (Lipinski definition) is 1. The molecule has 3 heteroatoms. The molecule has 1 aromatic rings. The van der Waals surface area contributed by atoms with Crippen LogP contribution in [0.5, 0.6) is 5.75 Å². The Bertz CT molecular complexity index is 413. The van der Waals surface area contributed by atoms with E-state index in [0.717, 1.165) is 22.2 Å². The fourth-order valence-corrected chi connectivity index (χ4v) is 2.59. The average Bonchev–Trinajstić information content (AvgIpc) is 2.56. The van der Waals surface area contributed by atoms with Crippen LogP contribution in [-0.4, -0.2) is 17.8 Å². The second kappa shape index (κ2) is 4.04. The molecular formula is C13H17BrO2. The Kier molecular flexibility index (Phi) is 3.01. The van der Waals surface area contributed by atoms with E-state index in [-0.39, 0.29) is 18.1 Å². The zero-order valence-corrected chi connectivity index (χ0v) is 11.5. The van der Waals surface area contributed by atoms with Gasteiger partial charge in [0, 0.05) is 21.9 Å². The molecule has 1 aliphatic rings. The third-order valence-corrected chi connectivity index (χ3v) is 3.54. The van der Waals surface area contributed by atoms with Crippen molar-refractivity contribution in [3.63, 3.8) is 0 Å². The minimum absolute atomic E-state index is 0.119. The van der Waals surface area contributed by atoms with Gasteiger partial charge in [-0.1, -0.05) is 29.8 Å². The number of benzene rings is 1. The van der Waals surface area contributed by atoms with Gasteiger partial charge in [-0.05, 0) is 24.6 Å². The van der Waals surface area contributed by atoms with E-state index >= 15 is 0 Å². The fourth-order valence-electron chi connectivity index (χ4n) is 2.08. The summed E-state index contributed by atoms with van der Waals surface area (Å²) in [6, 6.07) is 4.16. The van der Waals surface area contributed by atoms with Gasteiger partial charge in [0.1, 0.15) is 11.9 Å². The van der Waals surface area contributed by atoms with E-state index in [0.29, 0.717) is 0 Å². The number of halogens is 1. The van der Waals surface area contributed by atoms with Crippen LogP contribution in [0.4, 0.5) is 0 Å². The van der Waals surface area contributed by atoms with Crippen molar-refractivity contribution < 1.29 is 9.84 Å². The Labute approximate surface area is 105 Å². The maximum absolute atomic E-state index is 9.46. The van der Waals surface area contributed by atoms with Crippen molar-refractivity contribution in [2.24, 2.45) is 0 Å². The van der Waals surface area contributed by atoms with Crippen LogP contribution in [0.2, 0.25) is 0 Å². The Hall–Kier alpha value is -0.540. The minimum Gasteiger partial charge on any atom is -0.490 e. The Morgan fingerprint density at radius 2 is 2.19 bits per heavy atom. The predicted octanol–water partition coefficient (Wildman–Crippen LogP) is 3.04. The molecule has 0 aliphatic carbocycles. The zero-order valence-electron chi connectivity index (χ0n) is 9.88. The van der Waals surface area contributed by atoms with Crippen LogP contribution in [0.15, 0.2) is 16.6 Å². The maximum Gasteiger partial charge on any atom is 0.126 e. The van der Waals surface area contributed by atoms with Crippen LogP contribution in [-0.2, 0) is 11.8 Å². The lowest BCUT2D eigenvalue weighted by molar-refractivity contribution is 0.206. The Morgan fingerprint density at radius 1 is 1.50 bits per heavy atom. The molecule has 2 nitrogen and oxygen atoms in total. The number of aliphatic hydroxyl groups excluding tert-OH is 1. The van der Waals surface area contributed by atoms with Crippen molar-refractivity contribution in [1.29, 1.82) is 0 Å². The average molecular weight is 285 g/mol. The second-order valence-electron chi connectivity index (χ2n) is 5.12. The highest BCUT2D eigenvalue weighted by molar-refractivity contribution is 9.10. The van der Waals surface area contributed by atoms with E-state index in [1.54, 1.807) is 0 Å². The van der Waals surface area contributed by atoms with E-state index in [9.17, 15) is 5.11 Å². The Balaban J connectivity index is 2.55. The first-order valence-electron chi connectivity index (χ1n) is 5.54. The van der Waals surface area contributed by atoms with E-state index in [4.69, 9.17) is 4.74 Å². The molecule has 0 saturated carbocycles. The zero-order chi connectivity index (χ0) is 11.9. The van der Waals surface area contributed by atoms with Gasteiger partial charge in [0.05, 0.1) is 6.61 Å². The number of fused-ring (bicyclic) bond motifs is 1. The molecular weight excluding hydrogens is 268 g/mol. The van der Waals surface area contributed by atoms with Gasteiger partial charge >= 0.3 is 0 Å². The molecule has 88 valence electrons.